The highest BCUT2D eigenvalue weighted by Gasteiger charge is 2.54. The molecule has 47 heavy (non-hydrogen) atoms. The summed E-state index contributed by atoms with van der Waals surface area (Å²) in [5, 5.41) is 2.97. The third kappa shape index (κ3) is 9.73. The third-order valence-electron chi connectivity index (χ3n) is 6.66. The van der Waals surface area contributed by atoms with Crippen LogP contribution in [0, 0.1) is 0 Å². The Morgan fingerprint density at radius 3 is 2.49 bits per heavy atom. The Labute approximate surface area is 297 Å². The first-order chi connectivity index (χ1) is 22.3. The Morgan fingerprint density at radius 1 is 1.11 bits per heavy atom. The maximum Gasteiger partial charge on any atom is 0.355 e. The number of alkyl halides is 1. The third-order valence-corrected chi connectivity index (χ3v) is 9.95. The first-order valence-electron chi connectivity index (χ1n) is 14.3. The molecule has 1 fully saturated rings. The average Bonchev–Trinajstić information content (AvgIpc) is 3.03. The van der Waals surface area contributed by atoms with Crippen molar-refractivity contribution in [2.75, 3.05) is 24.5 Å². The normalized spacial score (nSPS) is 17.9. The summed E-state index contributed by atoms with van der Waals surface area (Å²) in [6.45, 7) is 5.31. The first kappa shape index (κ1) is 36.7. The number of halogens is 3. The number of β-lactam (4-membered cyclic amide) rings is 1. The van der Waals surface area contributed by atoms with Crippen molar-refractivity contribution in [3.05, 3.63) is 87.1 Å². The maximum atomic E-state index is 13.3. The second-order valence-electron chi connectivity index (χ2n) is 11.3. The average molecular weight is 740 g/mol. The smallest absolute Gasteiger partial charge is 0.355 e. The predicted octanol–water partition coefficient (Wildman–Crippen LogP) is 6.64. The molecular formula is C33H33Cl3N2O7S2. The number of benzene rings is 2. The summed E-state index contributed by atoms with van der Waals surface area (Å²) >= 11 is 21.3. The molecule has 1 saturated heterocycles. The first-order valence-corrected chi connectivity index (χ1v) is 17.7. The van der Waals surface area contributed by atoms with Crippen molar-refractivity contribution in [3.63, 3.8) is 0 Å². The molecule has 2 aliphatic rings. The number of nitrogens with zero attached hydrogens (tertiary/aromatic N) is 1. The van der Waals surface area contributed by atoms with Crippen LogP contribution in [-0.2, 0) is 35.3 Å². The SMILES string of the molecule is COc1ccc(COC(=O)C2=C(/C=C\CCl)CS[C@@H]3[C@H](NC(=O)CSc4cc(Cl)c(/C=C/C(=O)OC(C)(C)C)cc4Cl)C(=O)N23)cc1. The number of nitrogens with one attached hydrogen (secondary N) is 1. The number of esters is 2. The van der Waals surface area contributed by atoms with E-state index in [0.29, 0.717) is 37.6 Å². The minimum Gasteiger partial charge on any atom is -0.497 e. The Bertz CT molecular complexity index is 1620. The van der Waals surface area contributed by atoms with Crippen LogP contribution in [0.3, 0.4) is 0 Å². The van der Waals surface area contributed by atoms with Gasteiger partial charge in [0.15, 0.2) is 0 Å². The van der Waals surface area contributed by atoms with Crippen molar-refractivity contribution in [1.82, 2.24) is 10.2 Å². The number of carbonyl (C=O) groups is 4. The van der Waals surface area contributed by atoms with Crippen molar-refractivity contribution in [3.8, 4) is 5.75 Å². The van der Waals surface area contributed by atoms with Gasteiger partial charge in [-0.25, -0.2) is 9.59 Å². The van der Waals surface area contributed by atoms with Crippen LogP contribution in [0.15, 0.2) is 70.8 Å². The number of thioether (sulfide) groups is 2. The number of hydrogen-bond donors (Lipinski definition) is 1. The van der Waals surface area contributed by atoms with E-state index in [0.717, 1.165) is 17.3 Å². The summed E-state index contributed by atoms with van der Waals surface area (Å²) in [6, 6.07) is 9.47. The van der Waals surface area contributed by atoms with E-state index in [9.17, 15) is 19.2 Å². The van der Waals surface area contributed by atoms with Crippen LogP contribution in [0.25, 0.3) is 6.08 Å². The molecule has 2 amide bonds. The summed E-state index contributed by atoms with van der Waals surface area (Å²) < 4.78 is 16.0. The molecule has 9 nitrogen and oxygen atoms in total. The number of fused-ring (bicyclic) bond motifs is 1. The van der Waals surface area contributed by atoms with Crippen LogP contribution in [0.2, 0.25) is 10.0 Å². The van der Waals surface area contributed by atoms with Gasteiger partial charge >= 0.3 is 11.9 Å². The molecule has 14 heteroatoms. The molecule has 2 aliphatic heterocycles. The van der Waals surface area contributed by atoms with Crippen LogP contribution >= 0.6 is 58.3 Å². The van der Waals surface area contributed by atoms with E-state index >= 15 is 0 Å². The quantitative estimate of drug-likeness (QED) is 0.0842. The van der Waals surface area contributed by atoms with Crippen LogP contribution in [-0.4, -0.2) is 70.2 Å². The lowest BCUT2D eigenvalue weighted by Crippen LogP contribution is -2.70. The van der Waals surface area contributed by atoms with E-state index in [1.54, 1.807) is 76.4 Å². The van der Waals surface area contributed by atoms with E-state index < -0.39 is 40.8 Å². The van der Waals surface area contributed by atoms with Crippen molar-refractivity contribution >= 4 is 88.2 Å². The Morgan fingerprint density at radius 2 is 1.83 bits per heavy atom. The van der Waals surface area contributed by atoms with Gasteiger partial charge in [-0.1, -0.05) is 47.5 Å². The molecule has 2 heterocycles. The molecule has 0 aromatic heterocycles. The van der Waals surface area contributed by atoms with Gasteiger partial charge in [-0.05, 0) is 67.8 Å². The molecule has 250 valence electrons. The molecule has 0 bridgehead atoms. The van der Waals surface area contributed by atoms with Crippen LogP contribution < -0.4 is 10.1 Å². The summed E-state index contributed by atoms with van der Waals surface area (Å²) in [6.07, 6.45) is 6.18. The van der Waals surface area contributed by atoms with Gasteiger partial charge in [0.2, 0.25) is 5.91 Å². The van der Waals surface area contributed by atoms with Gasteiger partial charge in [-0.3, -0.25) is 14.5 Å². The zero-order valence-corrected chi connectivity index (χ0v) is 29.9. The van der Waals surface area contributed by atoms with Gasteiger partial charge in [-0.2, -0.15) is 0 Å². The molecular weight excluding hydrogens is 707 g/mol. The molecule has 0 unspecified atom stereocenters. The number of carbonyl (C=O) groups excluding carboxylic acids is 4. The number of ether oxygens (including phenoxy) is 3. The Balaban J connectivity index is 1.37. The van der Waals surface area contributed by atoms with Crippen LogP contribution in [0.4, 0.5) is 0 Å². The molecule has 2 aromatic rings. The Kier molecular flexibility index (Phi) is 12.8. The van der Waals surface area contributed by atoms with E-state index in [1.165, 1.54) is 28.8 Å². The summed E-state index contributed by atoms with van der Waals surface area (Å²) in [5.41, 5.74) is 1.38. The molecule has 4 rings (SSSR count). The van der Waals surface area contributed by atoms with E-state index in [2.05, 4.69) is 5.32 Å². The van der Waals surface area contributed by atoms with Gasteiger partial charge in [0.25, 0.3) is 5.91 Å². The lowest BCUT2D eigenvalue weighted by Gasteiger charge is -2.49. The van der Waals surface area contributed by atoms with Gasteiger partial charge in [0, 0.05) is 27.6 Å². The summed E-state index contributed by atoms with van der Waals surface area (Å²) in [7, 11) is 1.56. The largest absolute Gasteiger partial charge is 0.497 e. The standard InChI is InChI=1S/C33H33Cl3N2O7S2/c1-33(2,3)45-27(40)12-9-20-14-24(36)25(15-23(20)35)46-18-26(39)37-28-30(41)38-29(21(6-5-13-34)17-47-31(28)38)32(42)44-16-19-7-10-22(43-4)11-8-19/h5-12,14-15,28,31H,13,16-18H2,1-4H3,(H,37,39)/b6-5-,12-9+/t28-,31-/m1/s1. The van der Waals surface area contributed by atoms with Gasteiger partial charge < -0.3 is 19.5 Å². The highest BCUT2D eigenvalue weighted by atomic mass is 35.5. The fourth-order valence-corrected chi connectivity index (χ4v) is 7.32. The lowest BCUT2D eigenvalue weighted by atomic mass is 10.0. The topological polar surface area (TPSA) is 111 Å². The van der Waals surface area contributed by atoms with Gasteiger partial charge in [0.05, 0.1) is 17.9 Å². The second-order valence-corrected chi connectivity index (χ2v) is 14.5. The van der Waals surface area contributed by atoms with Gasteiger partial charge in [-0.15, -0.1) is 35.1 Å². The van der Waals surface area contributed by atoms with Crippen molar-refractivity contribution in [2.45, 2.75) is 49.3 Å². The van der Waals surface area contributed by atoms with Crippen molar-refractivity contribution < 1.29 is 33.4 Å². The molecule has 2 aromatic carbocycles. The monoisotopic (exact) mass is 738 g/mol. The molecule has 1 N–H and O–H groups in total. The van der Waals surface area contributed by atoms with Crippen LogP contribution in [0.5, 0.6) is 5.75 Å². The lowest BCUT2D eigenvalue weighted by molar-refractivity contribution is -0.153. The predicted molar refractivity (Wildman–Crippen MR) is 187 cm³/mol. The molecule has 0 aliphatic carbocycles. The highest BCUT2D eigenvalue weighted by Crippen LogP contribution is 2.41. The van der Waals surface area contributed by atoms with E-state index in [4.69, 9.17) is 49.0 Å². The Hall–Kier alpha value is -3.09. The van der Waals surface area contributed by atoms with E-state index in [1.807, 2.05) is 0 Å². The van der Waals surface area contributed by atoms with E-state index in [-0.39, 0.29) is 23.9 Å². The fraction of sp³-hybridized carbons (Fsp3) is 0.333. The second kappa shape index (κ2) is 16.3. The number of amides is 2. The number of hydrogen-bond acceptors (Lipinski definition) is 9. The summed E-state index contributed by atoms with van der Waals surface area (Å²) in [4.78, 5) is 53.5. The fourth-order valence-electron chi connectivity index (χ4n) is 4.52. The number of methoxy groups -OCH3 is 1. The minimum absolute atomic E-state index is 0.00361. The molecule has 0 spiro atoms. The zero-order valence-electron chi connectivity index (χ0n) is 26.0. The number of allylic oxidation sites excluding steroid dienone is 2. The molecule has 0 saturated carbocycles. The maximum absolute atomic E-state index is 13.3. The minimum atomic E-state index is -0.824. The number of rotatable bonds is 12. The van der Waals surface area contributed by atoms with Crippen molar-refractivity contribution in [2.24, 2.45) is 0 Å². The van der Waals surface area contributed by atoms with Gasteiger partial charge in [0.1, 0.15) is 35.1 Å². The molecule has 2 atom stereocenters. The molecule has 0 radical (unpaired) electrons. The summed E-state index contributed by atoms with van der Waals surface area (Å²) in [5.74, 6) is -0.696. The highest BCUT2D eigenvalue weighted by molar-refractivity contribution is 8.00. The van der Waals surface area contributed by atoms with Crippen molar-refractivity contribution in [1.29, 1.82) is 0 Å². The zero-order chi connectivity index (χ0) is 34.3. The van der Waals surface area contributed by atoms with Crippen LogP contribution in [0.1, 0.15) is 31.9 Å².